The fourth-order valence-electron chi connectivity index (χ4n) is 3.14. The average molecular weight is 439 g/mol. The number of hydrogen-bond acceptors (Lipinski definition) is 4. The largest absolute Gasteiger partial charge is 0.440 e. The first kappa shape index (κ1) is 20.3. The molecular formula is C23H19ClN2O3S. The van der Waals surface area contributed by atoms with Crippen LogP contribution in [-0.4, -0.2) is 13.4 Å². The van der Waals surface area contributed by atoms with Crippen molar-refractivity contribution in [2.24, 2.45) is 5.14 Å². The third-order valence-corrected chi connectivity index (χ3v) is 6.10. The van der Waals surface area contributed by atoms with Gasteiger partial charge < -0.3 is 4.42 Å². The van der Waals surface area contributed by atoms with Gasteiger partial charge in [0, 0.05) is 22.6 Å². The molecule has 30 heavy (non-hydrogen) atoms. The van der Waals surface area contributed by atoms with Gasteiger partial charge in [0.25, 0.3) is 0 Å². The molecule has 1 heterocycles. The van der Waals surface area contributed by atoms with E-state index in [1.807, 2.05) is 55.5 Å². The van der Waals surface area contributed by atoms with Gasteiger partial charge in [0.15, 0.2) is 11.7 Å². The molecule has 4 rings (SSSR count). The van der Waals surface area contributed by atoms with Crippen molar-refractivity contribution in [3.63, 3.8) is 0 Å². The molecular weight excluding hydrogens is 420 g/mol. The summed E-state index contributed by atoms with van der Waals surface area (Å²) in [5.74, 6) is 1.10. The lowest BCUT2D eigenvalue weighted by molar-refractivity contribution is 0.519. The van der Waals surface area contributed by atoms with Crippen molar-refractivity contribution in [2.45, 2.75) is 18.2 Å². The molecule has 0 unspecified atom stereocenters. The number of nitrogens with zero attached hydrogens (tertiary/aromatic N) is 1. The van der Waals surface area contributed by atoms with Gasteiger partial charge in [-0.3, -0.25) is 0 Å². The summed E-state index contributed by atoms with van der Waals surface area (Å²) in [5.41, 5.74) is 4.20. The predicted molar refractivity (Wildman–Crippen MR) is 118 cm³/mol. The lowest BCUT2D eigenvalue weighted by Crippen LogP contribution is -2.11. The van der Waals surface area contributed by atoms with Gasteiger partial charge in [-0.25, -0.2) is 18.5 Å². The summed E-state index contributed by atoms with van der Waals surface area (Å²) in [6.45, 7) is 1.93. The molecule has 5 nitrogen and oxygen atoms in total. The standard InChI is InChI=1S/C23H19ClN2O3S/c1-15-7-8-18(14-20(15)24)22-23(17-9-11-19(12-10-17)30(25,27)28)29-21(26-22)13-16-5-3-2-4-6-16/h2-12,14H,13H2,1H3,(H2,25,27,28). The van der Waals surface area contributed by atoms with Gasteiger partial charge in [0.1, 0.15) is 5.69 Å². The molecule has 2 N–H and O–H groups in total. The van der Waals surface area contributed by atoms with Crippen molar-refractivity contribution in [1.29, 1.82) is 0 Å². The van der Waals surface area contributed by atoms with Crippen LogP contribution in [0.5, 0.6) is 0 Å². The average Bonchev–Trinajstić information content (AvgIpc) is 3.14. The minimum absolute atomic E-state index is 0.0372. The Kier molecular flexibility index (Phi) is 5.47. The van der Waals surface area contributed by atoms with E-state index in [9.17, 15) is 8.42 Å². The third-order valence-electron chi connectivity index (χ3n) is 4.76. The van der Waals surface area contributed by atoms with Crippen LogP contribution in [0.3, 0.4) is 0 Å². The van der Waals surface area contributed by atoms with E-state index in [0.29, 0.717) is 34.4 Å². The smallest absolute Gasteiger partial charge is 0.238 e. The minimum atomic E-state index is -3.77. The van der Waals surface area contributed by atoms with Crippen LogP contribution in [0, 0.1) is 6.92 Å². The van der Waals surface area contributed by atoms with Gasteiger partial charge in [0.05, 0.1) is 4.90 Å². The first-order valence-corrected chi connectivity index (χ1v) is 11.2. The number of benzene rings is 3. The SMILES string of the molecule is Cc1ccc(-c2nc(Cc3ccccc3)oc2-c2ccc(S(N)(=O)=O)cc2)cc1Cl. The summed E-state index contributed by atoms with van der Waals surface area (Å²) in [7, 11) is -3.77. The van der Waals surface area contributed by atoms with Crippen LogP contribution in [0.1, 0.15) is 17.0 Å². The Labute approximate surface area is 180 Å². The number of halogens is 1. The number of sulfonamides is 1. The molecule has 0 aliphatic carbocycles. The molecule has 1 aromatic heterocycles. The normalized spacial score (nSPS) is 11.6. The van der Waals surface area contributed by atoms with E-state index in [2.05, 4.69) is 0 Å². The summed E-state index contributed by atoms with van der Waals surface area (Å²) in [5, 5.41) is 5.84. The molecule has 0 spiro atoms. The number of primary sulfonamides is 1. The highest BCUT2D eigenvalue weighted by Crippen LogP contribution is 2.35. The number of aromatic nitrogens is 1. The van der Waals surface area contributed by atoms with Gasteiger partial charge >= 0.3 is 0 Å². The lowest BCUT2D eigenvalue weighted by atomic mass is 10.0. The summed E-state index contributed by atoms with van der Waals surface area (Å²) < 4.78 is 29.3. The maximum Gasteiger partial charge on any atom is 0.238 e. The molecule has 4 aromatic rings. The van der Waals surface area contributed by atoms with Crippen LogP contribution in [0.2, 0.25) is 5.02 Å². The number of oxazole rings is 1. The molecule has 0 radical (unpaired) electrons. The first-order chi connectivity index (χ1) is 14.3. The molecule has 0 bridgehead atoms. The van der Waals surface area contributed by atoms with Crippen molar-refractivity contribution >= 4 is 21.6 Å². The van der Waals surface area contributed by atoms with E-state index < -0.39 is 10.0 Å². The monoisotopic (exact) mass is 438 g/mol. The fourth-order valence-corrected chi connectivity index (χ4v) is 3.83. The Balaban J connectivity index is 1.81. The van der Waals surface area contributed by atoms with Crippen molar-refractivity contribution in [1.82, 2.24) is 4.98 Å². The molecule has 7 heteroatoms. The minimum Gasteiger partial charge on any atom is -0.440 e. The Bertz CT molecular complexity index is 1300. The quantitative estimate of drug-likeness (QED) is 0.463. The van der Waals surface area contributed by atoms with Crippen LogP contribution in [-0.2, 0) is 16.4 Å². The molecule has 0 atom stereocenters. The van der Waals surface area contributed by atoms with E-state index in [0.717, 1.165) is 16.7 Å². The predicted octanol–water partition coefficient (Wildman–Crippen LogP) is 5.21. The summed E-state index contributed by atoms with van der Waals surface area (Å²) >= 11 is 6.33. The summed E-state index contributed by atoms with van der Waals surface area (Å²) in [4.78, 5) is 4.76. The Morgan fingerprint density at radius 1 is 0.967 bits per heavy atom. The van der Waals surface area contributed by atoms with Crippen molar-refractivity contribution < 1.29 is 12.8 Å². The zero-order chi connectivity index (χ0) is 21.3. The van der Waals surface area contributed by atoms with Crippen molar-refractivity contribution in [2.75, 3.05) is 0 Å². The van der Waals surface area contributed by atoms with Gasteiger partial charge in [-0.1, -0.05) is 54.1 Å². The molecule has 152 valence electrons. The van der Waals surface area contributed by atoms with Crippen LogP contribution in [0.4, 0.5) is 0 Å². The second-order valence-electron chi connectivity index (χ2n) is 6.98. The van der Waals surface area contributed by atoms with Gasteiger partial charge in [-0.05, 0) is 48.4 Å². The highest BCUT2D eigenvalue weighted by Gasteiger charge is 2.19. The highest BCUT2D eigenvalue weighted by molar-refractivity contribution is 7.89. The van der Waals surface area contributed by atoms with E-state index in [4.69, 9.17) is 26.1 Å². The molecule has 0 saturated carbocycles. The molecule has 0 amide bonds. The Hall–Kier alpha value is -2.93. The van der Waals surface area contributed by atoms with Crippen molar-refractivity contribution in [3.8, 4) is 22.6 Å². The molecule has 0 fully saturated rings. The zero-order valence-electron chi connectivity index (χ0n) is 16.2. The van der Waals surface area contributed by atoms with E-state index in [-0.39, 0.29) is 4.90 Å². The van der Waals surface area contributed by atoms with E-state index in [1.54, 1.807) is 12.1 Å². The number of nitrogens with two attached hydrogens (primary N) is 1. The summed E-state index contributed by atoms with van der Waals surface area (Å²) in [6.07, 6.45) is 0.530. The number of aryl methyl sites for hydroxylation is 1. The topological polar surface area (TPSA) is 86.2 Å². The van der Waals surface area contributed by atoms with Gasteiger partial charge in [-0.2, -0.15) is 0 Å². The molecule has 3 aromatic carbocycles. The van der Waals surface area contributed by atoms with Gasteiger partial charge in [0.2, 0.25) is 10.0 Å². The van der Waals surface area contributed by atoms with E-state index >= 15 is 0 Å². The second-order valence-corrected chi connectivity index (χ2v) is 8.95. The number of hydrogen-bond donors (Lipinski definition) is 1. The van der Waals surface area contributed by atoms with E-state index in [1.165, 1.54) is 12.1 Å². The molecule has 0 aliphatic rings. The Morgan fingerprint density at radius 2 is 1.63 bits per heavy atom. The van der Waals surface area contributed by atoms with Crippen LogP contribution in [0.25, 0.3) is 22.6 Å². The summed E-state index contributed by atoms with van der Waals surface area (Å²) in [6, 6.07) is 21.8. The number of rotatable bonds is 5. The molecule has 0 aliphatic heterocycles. The maximum atomic E-state index is 11.6. The van der Waals surface area contributed by atoms with Crippen LogP contribution < -0.4 is 5.14 Å². The first-order valence-electron chi connectivity index (χ1n) is 9.24. The van der Waals surface area contributed by atoms with Crippen LogP contribution >= 0.6 is 11.6 Å². The Morgan fingerprint density at radius 3 is 2.27 bits per heavy atom. The highest BCUT2D eigenvalue weighted by atomic mass is 35.5. The third kappa shape index (κ3) is 4.31. The molecule has 0 saturated heterocycles. The van der Waals surface area contributed by atoms with Crippen molar-refractivity contribution in [3.05, 3.63) is 94.8 Å². The lowest BCUT2D eigenvalue weighted by Gasteiger charge is -2.05. The van der Waals surface area contributed by atoms with Crippen LogP contribution in [0.15, 0.2) is 82.1 Å². The zero-order valence-corrected chi connectivity index (χ0v) is 17.7. The van der Waals surface area contributed by atoms with Gasteiger partial charge in [-0.15, -0.1) is 0 Å². The maximum absolute atomic E-state index is 11.6. The fraction of sp³-hybridized carbons (Fsp3) is 0.0870. The second kappa shape index (κ2) is 8.07.